The third-order valence-corrected chi connectivity index (χ3v) is 3.24. The van der Waals surface area contributed by atoms with Crippen LogP contribution in [0.1, 0.15) is 45.6 Å². The summed E-state index contributed by atoms with van der Waals surface area (Å²) in [4.78, 5) is 2.52. The molecule has 0 heterocycles. The normalized spacial score (nSPS) is 11.4. The Hall–Kier alpha value is -1.02. The lowest BCUT2D eigenvalue weighted by atomic mass is 10.1. The van der Waals surface area contributed by atoms with E-state index in [1.54, 1.807) is 0 Å². The first-order valence-electron chi connectivity index (χ1n) is 7.19. The maximum Gasteiger partial charge on any atom is 0.0359 e. The summed E-state index contributed by atoms with van der Waals surface area (Å²) in [5.41, 5.74) is 8.19. The van der Waals surface area contributed by atoms with Crippen molar-refractivity contribution < 1.29 is 0 Å². The largest absolute Gasteiger partial charge is 0.398 e. The Kier molecular flexibility index (Phi) is 6.81. The van der Waals surface area contributed by atoms with Crippen molar-refractivity contribution in [2.24, 2.45) is 5.92 Å². The van der Waals surface area contributed by atoms with Gasteiger partial charge in [-0.15, -0.1) is 0 Å². The second-order valence-electron chi connectivity index (χ2n) is 5.51. The van der Waals surface area contributed by atoms with E-state index in [1.165, 1.54) is 31.4 Å². The van der Waals surface area contributed by atoms with Crippen molar-refractivity contribution in [3.05, 3.63) is 29.8 Å². The quantitative estimate of drug-likeness (QED) is 0.707. The molecule has 2 heteroatoms. The fourth-order valence-corrected chi connectivity index (χ4v) is 2.23. The molecule has 0 atom stereocenters. The zero-order valence-electron chi connectivity index (χ0n) is 12.2. The van der Waals surface area contributed by atoms with Gasteiger partial charge in [0.05, 0.1) is 0 Å². The number of anilines is 1. The average molecular weight is 248 g/mol. The summed E-state index contributed by atoms with van der Waals surface area (Å²) in [5.74, 6) is 0.801. The molecule has 0 fully saturated rings. The summed E-state index contributed by atoms with van der Waals surface area (Å²) < 4.78 is 0. The fourth-order valence-electron chi connectivity index (χ4n) is 2.23. The van der Waals surface area contributed by atoms with E-state index in [-0.39, 0.29) is 0 Å². The van der Waals surface area contributed by atoms with Gasteiger partial charge >= 0.3 is 0 Å². The molecular weight excluding hydrogens is 220 g/mol. The fraction of sp³-hybridized carbons (Fsp3) is 0.625. The maximum absolute atomic E-state index is 6.02. The Balaban J connectivity index is 2.49. The zero-order chi connectivity index (χ0) is 13.4. The molecule has 18 heavy (non-hydrogen) atoms. The van der Waals surface area contributed by atoms with E-state index in [0.29, 0.717) is 0 Å². The van der Waals surface area contributed by atoms with Crippen molar-refractivity contribution in [1.82, 2.24) is 4.90 Å². The van der Waals surface area contributed by atoms with Crippen LogP contribution in [0, 0.1) is 5.92 Å². The molecule has 102 valence electrons. The van der Waals surface area contributed by atoms with Gasteiger partial charge in [0, 0.05) is 12.2 Å². The summed E-state index contributed by atoms with van der Waals surface area (Å²) in [6, 6.07) is 8.21. The average Bonchev–Trinajstić information content (AvgIpc) is 2.32. The van der Waals surface area contributed by atoms with Crippen molar-refractivity contribution in [2.45, 2.75) is 46.6 Å². The minimum absolute atomic E-state index is 0.801. The summed E-state index contributed by atoms with van der Waals surface area (Å²) in [6.45, 7) is 10.1. The van der Waals surface area contributed by atoms with Gasteiger partial charge in [-0.2, -0.15) is 0 Å². The number of nitrogens with zero attached hydrogens (tertiary/aromatic N) is 1. The standard InChI is InChI=1S/C16H28N2/c1-4-11-18(12-7-8-14(2)3)13-15-9-5-6-10-16(15)17/h5-6,9-10,14H,4,7-8,11-13,17H2,1-3H3. The van der Waals surface area contributed by atoms with Crippen molar-refractivity contribution in [3.63, 3.8) is 0 Å². The van der Waals surface area contributed by atoms with Crippen molar-refractivity contribution in [1.29, 1.82) is 0 Å². The summed E-state index contributed by atoms with van der Waals surface area (Å²) in [7, 11) is 0. The molecule has 0 bridgehead atoms. The Bertz CT molecular complexity index is 334. The van der Waals surface area contributed by atoms with E-state index in [9.17, 15) is 0 Å². The van der Waals surface area contributed by atoms with Crippen molar-refractivity contribution in [3.8, 4) is 0 Å². The highest BCUT2D eigenvalue weighted by Gasteiger charge is 2.07. The van der Waals surface area contributed by atoms with Crippen LogP contribution in [0.3, 0.4) is 0 Å². The first-order chi connectivity index (χ1) is 8.63. The van der Waals surface area contributed by atoms with Crippen molar-refractivity contribution in [2.75, 3.05) is 18.8 Å². The Morgan fingerprint density at radius 2 is 1.89 bits per heavy atom. The smallest absolute Gasteiger partial charge is 0.0359 e. The number of hydrogen-bond acceptors (Lipinski definition) is 2. The molecule has 0 spiro atoms. The Labute approximate surface area is 112 Å². The predicted octanol–water partition coefficient (Wildman–Crippen LogP) is 3.92. The highest BCUT2D eigenvalue weighted by Crippen LogP contribution is 2.14. The van der Waals surface area contributed by atoms with E-state index in [0.717, 1.165) is 24.7 Å². The molecular formula is C16H28N2. The molecule has 0 aliphatic heterocycles. The molecule has 2 N–H and O–H groups in total. The van der Waals surface area contributed by atoms with Crippen LogP contribution < -0.4 is 5.73 Å². The monoisotopic (exact) mass is 248 g/mol. The van der Waals surface area contributed by atoms with Gasteiger partial charge in [0.25, 0.3) is 0 Å². The zero-order valence-corrected chi connectivity index (χ0v) is 12.2. The van der Waals surface area contributed by atoms with Gasteiger partial charge in [-0.1, -0.05) is 39.0 Å². The van der Waals surface area contributed by atoms with Gasteiger partial charge in [-0.3, -0.25) is 4.90 Å². The van der Waals surface area contributed by atoms with Gasteiger partial charge in [0.1, 0.15) is 0 Å². The SMILES string of the molecule is CCCN(CCCC(C)C)Cc1ccccc1N. The lowest BCUT2D eigenvalue weighted by Crippen LogP contribution is -2.26. The number of nitrogen functional groups attached to an aromatic ring is 1. The van der Waals surface area contributed by atoms with Crippen LogP contribution in [0.5, 0.6) is 0 Å². The Morgan fingerprint density at radius 3 is 2.50 bits per heavy atom. The molecule has 2 nitrogen and oxygen atoms in total. The van der Waals surface area contributed by atoms with Crippen LogP contribution in [0.15, 0.2) is 24.3 Å². The van der Waals surface area contributed by atoms with Gasteiger partial charge < -0.3 is 5.73 Å². The highest BCUT2D eigenvalue weighted by atomic mass is 15.1. The van der Waals surface area contributed by atoms with Crippen LogP contribution in [0.2, 0.25) is 0 Å². The van der Waals surface area contributed by atoms with E-state index in [4.69, 9.17) is 5.73 Å². The molecule has 0 amide bonds. The van der Waals surface area contributed by atoms with Crippen LogP contribution >= 0.6 is 0 Å². The minimum Gasteiger partial charge on any atom is -0.398 e. The molecule has 1 rings (SSSR count). The molecule has 0 saturated carbocycles. The van der Waals surface area contributed by atoms with Crippen molar-refractivity contribution >= 4 is 5.69 Å². The lowest BCUT2D eigenvalue weighted by molar-refractivity contribution is 0.256. The highest BCUT2D eigenvalue weighted by molar-refractivity contribution is 5.46. The first kappa shape index (κ1) is 15.0. The van der Waals surface area contributed by atoms with Gasteiger partial charge in [0.2, 0.25) is 0 Å². The molecule has 0 saturated heterocycles. The predicted molar refractivity (Wildman–Crippen MR) is 80.5 cm³/mol. The molecule has 0 unspecified atom stereocenters. The van der Waals surface area contributed by atoms with Crippen LogP contribution in [0.25, 0.3) is 0 Å². The lowest BCUT2D eigenvalue weighted by Gasteiger charge is -2.23. The Morgan fingerprint density at radius 1 is 1.17 bits per heavy atom. The number of hydrogen-bond donors (Lipinski definition) is 1. The van der Waals surface area contributed by atoms with Gasteiger partial charge in [0.15, 0.2) is 0 Å². The van der Waals surface area contributed by atoms with Crippen LogP contribution in [-0.2, 0) is 6.54 Å². The maximum atomic E-state index is 6.02. The van der Waals surface area contributed by atoms with Gasteiger partial charge in [-0.25, -0.2) is 0 Å². The topological polar surface area (TPSA) is 29.3 Å². The molecule has 0 aliphatic carbocycles. The van der Waals surface area contributed by atoms with Gasteiger partial charge in [-0.05, 0) is 49.9 Å². The van der Waals surface area contributed by atoms with E-state index < -0.39 is 0 Å². The molecule has 1 aromatic rings. The number of benzene rings is 1. The number of para-hydroxylation sites is 1. The molecule has 0 aliphatic rings. The second-order valence-corrected chi connectivity index (χ2v) is 5.51. The summed E-state index contributed by atoms with van der Waals surface area (Å²) >= 11 is 0. The van der Waals surface area contributed by atoms with Crippen LogP contribution in [0.4, 0.5) is 5.69 Å². The second kappa shape index (κ2) is 8.15. The molecule has 0 radical (unpaired) electrons. The molecule has 1 aromatic carbocycles. The number of nitrogens with two attached hydrogens (primary N) is 1. The molecule has 0 aromatic heterocycles. The summed E-state index contributed by atoms with van der Waals surface area (Å²) in [6.07, 6.45) is 3.79. The van der Waals surface area contributed by atoms with E-state index >= 15 is 0 Å². The van der Waals surface area contributed by atoms with E-state index in [1.807, 2.05) is 12.1 Å². The third-order valence-electron chi connectivity index (χ3n) is 3.24. The van der Waals surface area contributed by atoms with Crippen LogP contribution in [-0.4, -0.2) is 18.0 Å². The summed E-state index contributed by atoms with van der Waals surface area (Å²) in [5, 5.41) is 0. The number of rotatable bonds is 8. The third kappa shape index (κ3) is 5.54. The minimum atomic E-state index is 0.801. The first-order valence-corrected chi connectivity index (χ1v) is 7.19. The van der Waals surface area contributed by atoms with E-state index in [2.05, 4.69) is 37.8 Å².